The number of hydrogen-bond donors (Lipinski definition) is 2. The average molecular weight is 300 g/mol. The van der Waals surface area contributed by atoms with Gasteiger partial charge in [0.15, 0.2) is 5.65 Å². The van der Waals surface area contributed by atoms with Crippen LogP contribution in [0, 0.1) is 0 Å². The van der Waals surface area contributed by atoms with E-state index in [-0.39, 0.29) is 10.1 Å². The Morgan fingerprint density at radius 2 is 2.37 bits per heavy atom. The van der Waals surface area contributed by atoms with Crippen LogP contribution in [0.1, 0.15) is 0 Å². The molecule has 2 aromatic heterocycles. The normalized spacial score (nSPS) is 10.4. The molecule has 0 atom stereocenters. The fraction of sp³-hybridized carbons (Fsp3) is 0.182. The SMILES string of the molecule is C=CCn1ncc2c(=O)[nH]c(NCC=C(Cl)Cl)nc21. The molecule has 0 aliphatic carbocycles. The van der Waals surface area contributed by atoms with E-state index in [9.17, 15) is 4.79 Å². The third-order valence-electron chi connectivity index (χ3n) is 2.33. The fourth-order valence-electron chi connectivity index (χ4n) is 1.53. The Hall–Kier alpha value is -1.79. The molecule has 0 bridgehead atoms. The number of H-pyrrole nitrogens is 1. The maximum absolute atomic E-state index is 11.8. The van der Waals surface area contributed by atoms with Crippen LogP contribution in [0.3, 0.4) is 0 Å². The maximum atomic E-state index is 11.8. The van der Waals surface area contributed by atoms with Gasteiger partial charge in [-0.25, -0.2) is 4.68 Å². The van der Waals surface area contributed by atoms with Gasteiger partial charge in [-0.15, -0.1) is 6.58 Å². The third kappa shape index (κ3) is 3.15. The Balaban J connectivity index is 2.35. The smallest absolute Gasteiger partial charge is 0.263 e. The summed E-state index contributed by atoms with van der Waals surface area (Å²) in [6.45, 7) is 4.46. The minimum Gasteiger partial charge on any atom is -0.352 e. The van der Waals surface area contributed by atoms with Gasteiger partial charge < -0.3 is 5.32 Å². The number of nitrogens with one attached hydrogen (secondary N) is 2. The lowest BCUT2D eigenvalue weighted by molar-refractivity contribution is 0.720. The molecular weight excluding hydrogens is 289 g/mol. The molecule has 100 valence electrons. The number of aromatic amines is 1. The van der Waals surface area contributed by atoms with Gasteiger partial charge in [-0.05, 0) is 6.08 Å². The van der Waals surface area contributed by atoms with E-state index in [0.29, 0.717) is 30.1 Å². The molecule has 0 fully saturated rings. The molecule has 0 aliphatic rings. The predicted molar refractivity (Wildman–Crippen MR) is 76.6 cm³/mol. The van der Waals surface area contributed by atoms with Gasteiger partial charge in [0.1, 0.15) is 9.88 Å². The highest BCUT2D eigenvalue weighted by molar-refractivity contribution is 6.55. The van der Waals surface area contributed by atoms with Crippen molar-refractivity contribution in [2.45, 2.75) is 6.54 Å². The van der Waals surface area contributed by atoms with Crippen molar-refractivity contribution in [3.05, 3.63) is 39.8 Å². The molecule has 2 aromatic rings. The Kier molecular flexibility index (Phi) is 4.24. The van der Waals surface area contributed by atoms with Crippen molar-refractivity contribution in [3.63, 3.8) is 0 Å². The highest BCUT2D eigenvalue weighted by Gasteiger charge is 2.08. The number of rotatable bonds is 5. The second-order valence-corrected chi connectivity index (χ2v) is 4.65. The van der Waals surface area contributed by atoms with Gasteiger partial charge in [-0.2, -0.15) is 10.1 Å². The largest absolute Gasteiger partial charge is 0.352 e. The first kappa shape index (κ1) is 13.6. The van der Waals surface area contributed by atoms with Gasteiger partial charge >= 0.3 is 0 Å². The van der Waals surface area contributed by atoms with Crippen LogP contribution in [-0.2, 0) is 6.54 Å². The number of aromatic nitrogens is 4. The molecule has 6 nitrogen and oxygen atoms in total. The lowest BCUT2D eigenvalue weighted by atomic mass is 10.4. The van der Waals surface area contributed by atoms with Crippen LogP contribution in [0.15, 0.2) is 34.2 Å². The zero-order valence-electron chi connectivity index (χ0n) is 9.86. The number of halogens is 2. The van der Waals surface area contributed by atoms with Crippen LogP contribution in [0.2, 0.25) is 0 Å². The highest BCUT2D eigenvalue weighted by Crippen LogP contribution is 2.09. The van der Waals surface area contributed by atoms with Crippen molar-refractivity contribution in [3.8, 4) is 0 Å². The Morgan fingerprint density at radius 1 is 1.58 bits per heavy atom. The van der Waals surface area contributed by atoms with E-state index in [4.69, 9.17) is 23.2 Å². The van der Waals surface area contributed by atoms with Crippen molar-refractivity contribution in [1.82, 2.24) is 19.7 Å². The van der Waals surface area contributed by atoms with Gasteiger partial charge in [-0.1, -0.05) is 29.3 Å². The summed E-state index contributed by atoms with van der Waals surface area (Å²) in [4.78, 5) is 18.7. The van der Waals surface area contributed by atoms with Crippen molar-refractivity contribution >= 4 is 40.2 Å². The van der Waals surface area contributed by atoms with Gasteiger partial charge in [0, 0.05) is 6.54 Å². The van der Waals surface area contributed by atoms with Crippen LogP contribution in [0.4, 0.5) is 5.95 Å². The van der Waals surface area contributed by atoms with Crippen LogP contribution < -0.4 is 10.9 Å². The molecule has 19 heavy (non-hydrogen) atoms. The zero-order valence-corrected chi connectivity index (χ0v) is 11.4. The Bertz CT molecular complexity index is 684. The molecule has 2 heterocycles. The molecule has 8 heteroatoms. The van der Waals surface area contributed by atoms with E-state index in [1.54, 1.807) is 16.8 Å². The quantitative estimate of drug-likeness (QED) is 0.829. The van der Waals surface area contributed by atoms with E-state index in [1.165, 1.54) is 6.20 Å². The lowest BCUT2D eigenvalue weighted by Crippen LogP contribution is -2.14. The monoisotopic (exact) mass is 299 g/mol. The number of hydrogen-bond acceptors (Lipinski definition) is 4. The topological polar surface area (TPSA) is 75.6 Å². The fourth-order valence-corrected chi connectivity index (χ4v) is 1.68. The first-order valence-corrected chi connectivity index (χ1v) is 6.19. The molecule has 0 unspecified atom stereocenters. The van der Waals surface area contributed by atoms with Crippen LogP contribution in [0.25, 0.3) is 11.0 Å². The van der Waals surface area contributed by atoms with Gasteiger partial charge in [-0.3, -0.25) is 9.78 Å². The van der Waals surface area contributed by atoms with E-state index >= 15 is 0 Å². The van der Waals surface area contributed by atoms with Crippen molar-refractivity contribution in [2.75, 3.05) is 11.9 Å². The summed E-state index contributed by atoms with van der Waals surface area (Å²) >= 11 is 11.0. The molecule has 0 saturated heterocycles. The van der Waals surface area contributed by atoms with Gasteiger partial charge in [0.05, 0.1) is 12.7 Å². The Labute approximate surface area is 118 Å². The second kappa shape index (κ2) is 5.90. The van der Waals surface area contributed by atoms with E-state index in [2.05, 4.69) is 27.0 Å². The molecule has 2 rings (SSSR count). The predicted octanol–water partition coefficient (Wildman–Crippen LogP) is 2.04. The molecular formula is C11H11Cl2N5O. The van der Waals surface area contributed by atoms with Gasteiger partial charge in [0.25, 0.3) is 5.56 Å². The van der Waals surface area contributed by atoms with Gasteiger partial charge in [0.2, 0.25) is 5.95 Å². The first-order valence-electron chi connectivity index (χ1n) is 5.43. The Morgan fingerprint density at radius 3 is 3.05 bits per heavy atom. The summed E-state index contributed by atoms with van der Waals surface area (Å²) in [6, 6.07) is 0. The molecule has 0 aliphatic heterocycles. The standard InChI is InChI=1S/C11H11Cl2N5O/c1-2-5-18-9-7(6-15-18)10(19)17-11(16-9)14-4-3-8(12)13/h2-3,6H,1,4-5H2,(H2,14,16,17,19). The van der Waals surface area contributed by atoms with Crippen LogP contribution >= 0.6 is 23.2 Å². The second-order valence-electron chi connectivity index (χ2n) is 3.64. The summed E-state index contributed by atoms with van der Waals surface area (Å²) in [5, 5.41) is 7.39. The van der Waals surface area contributed by atoms with E-state index < -0.39 is 0 Å². The van der Waals surface area contributed by atoms with Crippen molar-refractivity contribution < 1.29 is 0 Å². The molecule has 0 amide bonds. The highest BCUT2D eigenvalue weighted by atomic mass is 35.5. The number of anilines is 1. The van der Waals surface area contributed by atoms with Crippen molar-refractivity contribution in [2.24, 2.45) is 0 Å². The zero-order chi connectivity index (χ0) is 13.8. The first-order chi connectivity index (χ1) is 9.11. The summed E-state index contributed by atoms with van der Waals surface area (Å²) < 4.78 is 1.74. The molecule has 0 radical (unpaired) electrons. The number of allylic oxidation sites excluding steroid dienone is 1. The summed E-state index contributed by atoms with van der Waals surface area (Å²) in [7, 11) is 0. The van der Waals surface area contributed by atoms with E-state index in [1.807, 2.05) is 0 Å². The van der Waals surface area contributed by atoms with E-state index in [0.717, 1.165) is 0 Å². The average Bonchev–Trinajstić information content (AvgIpc) is 2.73. The summed E-state index contributed by atoms with van der Waals surface area (Å²) in [5.74, 6) is 0.328. The maximum Gasteiger partial charge on any atom is 0.263 e. The molecule has 2 N–H and O–H groups in total. The molecule has 0 aromatic carbocycles. The molecule has 0 spiro atoms. The summed E-state index contributed by atoms with van der Waals surface area (Å²) in [6.07, 6.45) is 4.71. The van der Waals surface area contributed by atoms with Crippen LogP contribution in [0.5, 0.6) is 0 Å². The molecule has 0 saturated carbocycles. The van der Waals surface area contributed by atoms with Crippen molar-refractivity contribution in [1.29, 1.82) is 0 Å². The number of fused-ring (bicyclic) bond motifs is 1. The minimum absolute atomic E-state index is 0.146. The van der Waals surface area contributed by atoms with Crippen LogP contribution in [-0.4, -0.2) is 26.3 Å². The summed E-state index contributed by atoms with van der Waals surface area (Å²) in [5.41, 5.74) is 0.232. The lowest BCUT2D eigenvalue weighted by Gasteiger charge is -2.03. The number of nitrogens with zero attached hydrogens (tertiary/aromatic N) is 3. The third-order valence-corrected chi connectivity index (χ3v) is 2.64. The minimum atomic E-state index is -0.260.